The highest BCUT2D eigenvalue weighted by Crippen LogP contribution is 2.27. The van der Waals surface area contributed by atoms with Crippen molar-refractivity contribution in [3.63, 3.8) is 0 Å². The first-order valence-corrected chi connectivity index (χ1v) is 6.36. The predicted molar refractivity (Wildman–Crippen MR) is 70.8 cm³/mol. The van der Waals surface area contributed by atoms with E-state index in [2.05, 4.69) is 15.9 Å². The Kier molecular flexibility index (Phi) is 4.50. The lowest BCUT2D eigenvalue weighted by Gasteiger charge is -2.10. The van der Waals surface area contributed by atoms with Crippen molar-refractivity contribution in [2.24, 2.45) is 0 Å². The lowest BCUT2D eigenvalue weighted by Crippen LogP contribution is -2.01. The fourth-order valence-electron chi connectivity index (χ4n) is 1.58. The summed E-state index contributed by atoms with van der Waals surface area (Å²) >= 11 is 3.29. The zero-order valence-corrected chi connectivity index (χ0v) is 11.5. The molecule has 1 N–H and O–H groups in total. The summed E-state index contributed by atoms with van der Waals surface area (Å²) in [6.45, 7) is -0.141. The van der Waals surface area contributed by atoms with Gasteiger partial charge in [-0.1, -0.05) is 18.2 Å². The number of ether oxygens (including phenoxy) is 1. The largest absolute Gasteiger partial charge is 0.488 e. The highest BCUT2D eigenvalue weighted by atomic mass is 79.9. The van der Waals surface area contributed by atoms with Crippen molar-refractivity contribution in [1.29, 1.82) is 0 Å². The third-order valence-corrected chi connectivity index (χ3v) is 3.21. The van der Waals surface area contributed by atoms with E-state index in [1.165, 1.54) is 12.1 Å². The van der Waals surface area contributed by atoms with Crippen LogP contribution in [0.3, 0.4) is 0 Å². The molecule has 0 amide bonds. The lowest BCUT2D eigenvalue weighted by atomic mass is 10.2. The van der Waals surface area contributed by atoms with E-state index in [0.29, 0.717) is 10.2 Å². The fraction of sp³-hybridized carbons (Fsp3) is 0.143. The number of halogens is 3. The summed E-state index contributed by atoms with van der Waals surface area (Å²) in [7, 11) is 0. The zero-order chi connectivity index (χ0) is 13.8. The Morgan fingerprint density at radius 1 is 1.16 bits per heavy atom. The maximum Gasteiger partial charge on any atom is 0.165 e. The topological polar surface area (TPSA) is 29.5 Å². The van der Waals surface area contributed by atoms with E-state index in [9.17, 15) is 8.78 Å². The van der Waals surface area contributed by atoms with E-state index in [4.69, 9.17) is 9.84 Å². The van der Waals surface area contributed by atoms with Crippen LogP contribution in [-0.4, -0.2) is 5.11 Å². The second-order valence-corrected chi connectivity index (χ2v) is 4.78. The fourth-order valence-corrected chi connectivity index (χ4v) is 2.12. The van der Waals surface area contributed by atoms with Crippen LogP contribution in [0.5, 0.6) is 5.75 Å². The number of hydrogen-bond acceptors (Lipinski definition) is 2. The second kappa shape index (κ2) is 6.12. The van der Waals surface area contributed by atoms with Crippen LogP contribution in [0.2, 0.25) is 0 Å². The van der Waals surface area contributed by atoms with Crippen molar-refractivity contribution in [1.82, 2.24) is 0 Å². The van der Waals surface area contributed by atoms with Crippen LogP contribution in [-0.2, 0) is 13.2 Å². The molecular formula is C14H11BrF2O2. The summed E-state index contributed by atoms with van der Waals surface area (Å²) in [4.78, 5) is 0. The van der Waals surface area contributed by atoms with E-state index in [1.807, 2.05) is 0 Å². The number of benzene rings is 2. The molecule has 0 radical (unpaired) electrons. The monoisotopic (exact) mass is 328 g/mol. The predicted octanol–water partition coefficient (Wildman–Crippen LogP) is 3.80. The van der Waals surface area contributed by atoms with Gasteiger partial charge in [0.2, 0.25) is 0 Å². The molecule has 100 valence electrons. The van der Waals surface area contributed by atoms with E-state index >= 15 is 0 Å². The normalized spacial score (nSPS) is 10.5. The van der Waals surface area contributed by atoms with Crippen molar-refractivity contribution < 1.29 is 18.6 Å². The molecule has 0 saturated carbocycles. The minimum atomic E-state index is -0.898. The van der Waals surface area contributed by atoms with Gasteiger partial charge >= 0.3 is 0 Å². The Bertz CT molecular complexity index is 588. The van der Waals surface area contributed by atoms with E-state index in [0.717, 1.165) is 11.6 Å². The van der Waals surface area contributed by atoms with Crippen molar-refractivity contribution >= 4 is 15.9 Å². The number of rotatable bonds is 4. The van der Waals surface area contributed by atoms with Crippen molar-refractivity contribution in [2.75, 3.05) is 0 Å². The van der Waals surface area contributed by atoms with Gasteiger partial charge in [-0.25, -0.2) is 8.78 Å². The molecule has 0 unspecified atom stereocenters. The molecule has 2 rings (SSSR count). The van der Waals surface area contributed by atoms with Crippen LogP contribution >= 0.6 is 15.9 Å². The smallest absolute Gasteiger partial charge is 0.165 e. The van der Waals surface area contributed by atoms with Gasteiger partial charge in [0.05, 0.1) is 11.1 Å². The highest BCUT2D eigenvalue weighted by Gasteiger charge is 2.09. The Morgan fingerprint density at radius 3 is 2.63 bits per heavy atom. The van der Waals surface area contributed by atoms with Crippen molar-refractivity contribution in [3.8, 4) is 5.75 Å². The number of hydrogen-bond donors (Lipinski definition) is 1. The minimum Gasteiger partial charge on any atom is -0.488 e. The van der Waals surface area contributed by atoms with Crippen LogP contribution in [0, 0.1) is 11.6 Å². The molecule has 0 aliphatic rings. The summed E-state index contributed by atoms with van der Waals surface area (Å²) < 4.78 is 32.5. The molecule has 0 saturated heterocycles. The SMILES string of the molecule is OCc1ccc(OCc2cccc(F)c2F)c(Br)c1. The van der Waals surface area contributed by atoms with Crippen molar-refractivity contribution in [2.45, 2.75) is 13.2 Å². The second-order valence-electron chi connectivity index (χ2n) is 3.92. The molecule has 19 heavy (non-hydrogen) atoms. The molecule has 2 nitrogen and oxygen atoms in total. The lowest BCUT2D eigenvalue weighted by molar-refractivity contribution is 0.280. The molecule has 0 atom stereocenters. The quantitative estimate of drug-likeness (QED) is 0.925. The maximum absolute atomic E-state index is 13.4. The first-order chi connectivity index (χ1) is 9.11. The van der Waals surface area contributed by atoms with Crippen LogP contribution < -0.4 is 4.74 Å². The number of aliphatic hydroxyl groups is 1. The van der Waals surface area contributed by atoms with E-state index < -0.39 is 11.6 Å². The zero-order valence-electron chi connectivity index (χ0n) is 9.87. The summed E-state index contributed by atoms with van der Waals surface area (Å²) in [6, 6.07) is 9.02. The standard InChI is InChI=1S/C14H11BrF2O2/c15-11-6-9(7-18)4-5-13(11)19-8-10-2-1-3-12(16)14(10)17/h1-6,18H,7-8H2. The molecule has 2 aromatic carbocycles. The van der Waals surface area contributed by atoms with Gasteiger partial charge in [-0.05, 0) is 39.7 Å². The van der Waals surface area contributed by atoms with E-state index in [-0.39, 0.29) is 18.8 Å². The van der Waals surface area contributed by atoms with Crippen LogP contribution in [0.4, 0.5) is 8.78 Å². The summed E-state index contributed by atoms with van der Waals surface area (Å²) in [5.74, 6) is -1.29. The van der Waals surface area contributed by atoms with Gasteiger partial charge in [-0.3, -0.25) is 0 Å². The summed E-state index contributed by atoms with van der Waals surface area (Å²) in [6.07, 6.45) is 0. The van der Waals surface area contributed by atoms with Crippen LogP contribution in [0.25, 0.3) is 0 Å². The molecule has 0 bridgehead atoms. The molecule has 2 aromatic rings. The average molecular weight is 329 g/mol. The van der Waals surface area contributed by atoms with Gasteiger partial charge in [0.15, 0.2) is 11.6 Å². The van der Waals surface area contributed by atoms with E-state index in [1.54, 1.807) is 18.2 Å². The van der Waals surface area contributed by atoms with Gasteiger partial charge in [0.25, 0.3) is 0 Å². The first kappa shape index (κ1) is 14.0. The van der Waals surface area contributed by atoms with Crippen molar-refractivity contribution in [3.05, 3.63) is 63.6 Å². The third-order valence-electron chi connectivity index (χ3n) is 2.59. The summed E-state index contributed by atoms with van der Waals surface area (Å²) in [5.41, 5.74) is 0.884. The molecule has 0 fully saturated rings. The Hall–Kier alpha value is -1.46. The van der Waals surface area contributed by atoms with Gasteiger partial charge in [0, 0.05) is 5.56 Å². The molecule has 0 aliphatic heterocycles. The Labute approximate surface area is 117 Å². The van der Waals surface area contributed by atoms with Gasteiger partial charge in [-0.2, -0.15) is 0 Å². The third kappa shape index (κ3) is 3.30. The average Bonchev–Trinajstić information content (AvgIpc) is 2.41. The molecule has 5 heteroatoms. The van der Waals surface area contributed by atoms with Crippen LogP contribution in [0.15, 0.2) is 40.9 Å². The number of aliphatic hydroxyl groups excluding tert-OH is 1. The van der Waals surface area contributed by atoms with Gasteiger partial charge < -0.3 is 9.84 Å². The first-order valence-electron chi connectivity index (χ1n) is 5.57. The Morgan fingerprint density at radius 2 is 1.95 bits per heavy atom. The minimum absolute atomic E-state index is 0.0688. The maximum atomic E-state index is 13.4. The molecule has 0 aromatic heterocycles. The molecular weight excluding hydrogens is 318 g/mol. The molecule has 0 aliphatic carbocycles. The van der Waals surface area contributed by atoms with Gasteiger partial charge in [0.1, 0.15) is 12.4 Å². The highest BCUT2D eigenvalue weighted by molar-refractivity contribution is 9.10. The Balaban J connectivity index is 2.12. The molecule has 0 spiro atoms. The summed E-state index contributed by atoms with van der Waals surface area (Å²) in [5, 5.41) is 8.97. The van der Waals surface area contributed by atoms with Crippen LogP contribution in [0.1, 0.15) is 11.1 Å². The van der Waals surface area contributed by atoms with Gasteiger partial charge in [-0.15, -0.1) is 0 Å². The molecule has 0 heterocycles.